The highest BCUT2D eigenvalue weighted by molar-refractivity contribution is 7.79. The van der Waals surface area contributed by atoms with E-state index in [1.807, 2.05) is 6.92 Å². The first-order valence-electron chi connectivity index (χ1n) is 2.57. The summed E-state index contributed by atoms with van der Waals surface area (Å²) in [4.78, 5) is 0. The van der Waals surface area contributed by atoms with Crippen molar-refractivity contribution in [2.45, 2.75) is 19.4 Å². The van der Waals surface area contributed by atoms with Crippen LogP contribution < -0.4 is 5.43 Å². The van der Waals surface area contributed by atoms with E-state index in [-0.39, 0.29) is 0 Å². The monoisotopic (exact) mass is 128 g/mol. The molecule has 0 saturated heterocycles. The van der Waals surface area contributed by atoms with E-state index in [1.165, 1.54) is 0 Å². The summed E-state index contributed by atoms with van der Waals surface area (Å²) in [6, 6.07) is 0.310. The summed E-state index contributed by atoms with van der Waals surface area (Å²) in [5, 5.41) is 5.67. The molecular formula is C5H8N2S. The molecule has 2 nitrogen and oxygen atoms in total. The molecule has 0 fully saturated rings. The molecule has 0 aromatic rings. The Kier molecular flexibility index (Phi) is 1.58. The highest BCUT2D eigenvalue weighted by atomic mass is 32.1. The van der Waals surface area contributed by atoms with Crippen molar-refractivity contribution in [3.05, 3.63) is 0 Å². The zero-order chi connectivity index (χ0) is 5.98. The van der Waals surface area contributed by atoms with Crippen LogP contribution in [0.3, 0.4) is 0 Å². The molecule has 0 aromatic heterocycles. The van der Waals surface area contributed by atoms with Crippen LogP contribution in [0.15, 0.2) is 5.10 Å². The van der Waals surface area contributed by atoms with Gasteiger partial charge in [-0.2, -0.15) is 5.10 Å². The fourth-order valence-electron chi connectivity index (χ4n) is 0.681. The quantitative estimate of drug-likeness (QED) is 0.526. The molecule has 1 N–H and O–H groups in total. The minimum Gasteiger partial charge on any atom is -0.302 e. The second kappa shape index (κ2) is 2.22. The first-order valence-corrected chi connectivity index (χ1v) is 3.04. The Morgan fingerprint density at radius 3 is 3.00 bits per heavy atom. The minimum absolute atomic E-state index is 0.310. The summed E-state index contributed by atoms with van der Waals surface area (Å²) >= 11 is 4.70. The van der Waals surface area contributed by atoms with Gasteiger partial charge >= 0.3 is 0 Å². The van der Waals surface area contributed by atoms with E-state index < -0.39 is 0 Å². The van der Waals surface area contributed by atoms with Gasteiger partial charge in [0.25, 0.3) is 0 Å². The van der Waals surface area contributed by atoms with Gasteiger partial charge in [-0.25, -0.2) is 0 Å². The SMILES string of the molecule is CC1=NNC(C=S)C1. The van der Waals surface area contributed by atoms with E-state index in [2.05, 4.69) is 10.5 Å². The van der Waals surface area contributed by atoms with E-state index in [0.29, 0.717) is 6.04 Å². The molecule has 0 amide bonds. The van der Waals surface area contributed by atoms with Crippen LogP contribution in [-0.4, -0.2) is 17.1 Å². The lowest BCUT2D eigenvalue weighted by atomic mass is 10.2. The van der Waals surface area contributed by atoms with E-state index >= 15 is 0 Å². The Hall–Kier alpha value is -0.440. The standard InChI is InChI=1S/C5H8N2S/c1-4-2-5(3-8)7-6-4/h3,5,7H,2H2,1H3. The molecule has 0 radical (unpaired) electrons. The number of nitrogens with zero attached hydrogens (tertiary/aromatic N) is 1. The lowest BCUT2D eigenvalue weighted by Gasteiger charge is -1.96. The molecule has 1 unspecified atom stereocenters. The first-order chi connectivity index (χ1) is 3.83. The second-order valence-electron chi connectivity index (χ2n) is 1.92. The van der Waals surface area contributed by atoms with Crippen LogP contribution in [0.2, 0.25) is 0 Å². The maximum atomic E-state index is 4.70. The Bertz CT molecular complexity index is 130. The molecule has 44 valence electrons. The van der Waals surface area contributed by atoms with Gasteiger partial charge in [-0.1, -0.05) is 12.2 Å². The summed E-state index contributed by atoms with van der Waals surface area (Å²) in [6.07, 6.45) is 0.976. The fourth-order valence-corrected chi connectivity index (χ4v) is 0.838. The molecule has 3 heteroatoms. The number of nitrogens with one attached hydrogen (secondary N) is 1. The van der Waals surface area contributed by atoms with Gasteiger partial charge in [0, 0.05) is 17.5 Å². The van der Waals surface area contributed by atoms with Crippen LogP contribution >= 0.6 is 12.2 Å². The average molecular weight is 128 g/mol. The number of hydrogen-bond acceptors (Lipinski definition) is 3. The largest absolute Gasteiger partial charge is 0.302 e. The van der Waals surface area contributed by atoms with Gasteiger partial charge in [0.2, 0.25) is 0 Å². The molecule has 1 aliphatic heterocycles. The molecule has 0 saturated carbocycles. The zero-order valence-electron chi connectivity index (χ0n) is 4.72. The average Bonchev–Trinajstić information content (AvgIpc) is 2.14. The van der Waals surface area contributed by atoms with Crippen molar-refractivity contribution in [3.63, 3.8) is 0 Å². The van der Waals surface area contributed by atoms with Crippen LogP contribution in [-0.2, 0) is 0 Å². The lowest BCUT2D eigenvalue weighted by molar-refractivity contribution is 0.739. The molecule has 1 atom stereocenters. The van der Waals surface area contributed by atoms with Crippen molar-refractivity contribution in [2.24, 2.45) is 5.10 Å². The van der Waals surface area contributed by atoms with E-state index in [9.17, 15) is 0 Å². The van der Waals surface area contributed by atoms with Crippen molar-refractivity contribution in [2.75, 3.05) is 0 Å². The van der Waals surface area contributed by atoms with Crippen LogP contribution in [0.25, 0.3) is 0 Å². The van der Waals surface area contributed by atoms with Crippen LogP contribution in [0.4, 0.5) is 0 Å². The van der Waals surface area contributed by atoms with E-state index in [1.54, 1.807) is 5.37 Å². The third-order valence-electron chi connectivity index (χ3n) is 1.10. The van der Waals surface area contributed by atoms with E-state index in [0.717, 1.165) is 12.1 Å². The van der Waals surface area contributed by atoms with Gasteiger partial charge in [0.05, 0.1) is 6.04 Å². The Balaban J connectivity index is 2.43. The predicted octanol–water partition coefficient (Wildman–Crippen LogP) is 0.724. The molecule has 8 heavy (non-hydrogen) atoms. The number of hydrogen-bond donors (Lipinski definition) is 1. The van der Waals surface area contributed by atoms with Gasteiger partial charge in [-0.3, -0.25) is 0 Å². The van der Waals surface area contributed by atoms with Crippen molar-refractivity contribution in [3.8, 4) is 0 Å². The molecule has 0 aliphatic carbocycles. The Morgan fingerprint density at radius 1 is 2.00 bits per heavy atom. The van der Waals surface area contributed by atoms with Gasteiger partial charge in [0.15, 0.2) is 0 Å². The molecular weight excluding hydrogens is 120 g/mol. The number of hydrazone groups is 1. The summed E-state index contributed by atoms with van der Waals surface area (Å²) in [6.45, 7) is 1.99. The molecule has 1 heterocycles. The first kappa shape index (κ1) is 5.69. The number of rotatable bonds is 1. The normalized spacial score (nSPS) is 26.6. The van der Waals surface area contributed by atoms with Crippen LogP contribution in [0, 0.1) is 0 Å². The van der Waals surface area contributed by atoms with Crippen molar-refractivity contribution in [1.82, 2.24) is 5.43 Å². The maximum Gasteiger partial charge on any atom is 0.0774 e. The zero-order valence-corrected chi connectivity index (χ0v) is 5.53. The van der Waals surface area contributed by atoms with Crippen molar-refractivity contribution < 1.29 is 0 Å². The maximum absolute atomic E-state index is 4.70. The third kappa shape index (κ3) is 1.04. The van der Waals surface area contributed by atoms with Crippen LogP contribution in [0.5, 0.6) is 0 Å². The molecule has 0 spiro atoms. The minimum atomic E-state index is 0.310. The highest BCUT2D eigenvalue weighted by Gasteiger charge is 2.10. The Labute approximate surface area is 54.0 Å². The summed E-state index contributed by atoms with van der Waals surface area (Å²) in [7, 11) is 0. The summed E-state index contributed by atoms with van der Waals surface area (Å²) in [5.41, 5.74) is 4.02. The Morgan fingerprint density at radius 2 is 2.75 bits per heavy atom. The van der Waals surface area contributed by atoms with Gasteiger partial charge in [0.1, 0.15) is 0 Å². The van der Waals surface area contributed by atoms with Gasteiger partial charge < -0.3 is 5.43 Å². The molecule has 1 rings (SSSR count). The van der Waals surface area contributed by atoms with Gasteiger partial charge in [-0.05, 0) is 6.92 Å². The summed E-state index contributed by atoms with van der Waals surface area (Å²) < 4.78 is 0. The van der Waals surface area contributed by atoms with Crippen molar-refractivity contribution in [1.29, 1.82) is 0 Å². The van der Waals surface area contributed by atoms with E-state index in [4.69, 9.17) is 12.2 Å². The number of thiocarbonyl (C=S) groups is 1. The highest BCUT2D eigenvalue weighted by Crippen LogP contribution is 1.99. The fraction of sp³-hybridized carbons (Fsp3) is 0.600. The molecule has 1 aliphatic rings. The van der Waals surface area contributed by atoms with Gasteiger partial charge in [-0.15, -0.1) is 0 Å². The lowest BCUT2D eigenvalue weighted by Crippen LogP contribution is -2.19. The van der Waals surface area contributed by atoms with Crippen LogP contribution in [0.1, 0.15) is 13.3 Å². The predicted molar refractivity (Wildman–Crippen MR) is 38.3 cm³/mol. The third-order valence-corrected chi connectivity index (χ3v) is 1.43. The molecule has 0 aromatic carbocycles. The molecule has 0 bridgehead atoms. The topological polar surface area (TPSA) is 24.4 Å². The smallest absolute Gasteiger partial charge is 0.0774 e. The second-order valence-corrected chi connectivity index (χ2v) is 2.20. The summed E-state index contributed by atoms with van der Waals surface area (Å²) in [5.74, 6) is 0. The van der Waals surface area contributed by atoms with Crippen molar-refractivity contribution >= 4 is 23.3 Å².